The number of rotatable bonds is 6. The molecule has 0 fully saturated rings. The van der Waals surface area contributed by atoms with Crippen molar-refractivity contribution in [3.05, 3.63) is 0 Å². The third-order valence-electron chi connectivity index (χ3n) is 2.30. The highest BCUT2D eigenvalue weighted by atomic mass is 32.2. The van der Waals surface area contributed by atoms with Crippen molar-refractivity contribution < 1.29 is 9.90 Å². The van der Waals surface area contributed by atoms with Crippen LogP contribution in [0.25, 0.3) is 0 Å². The van der Waals surface area contributed by atoms with Crippen molar-refractivity contribution >= 4 is 17.7 Å². The summed E-state index contributed by atoms with van der Waals surface area (Å²) < 4.78 is 0. The van der Waals surface area contributed by atoms with Crippen LogP contribution in [0.3, 0.4) is 0 Å². The minimum absolute atomic E-state index is 0.512. The van der Waals surface area contributed by atoms with E-state index in [1.165, 1.54) is 0 Å². The van der Waals surface area contributed by atoms with E-state index in [9.17, 15) is 4.79 Å². The van der Waals surface area contributed by atoms with E-state index in [1.54, 1.807) is 11.8 Å². The third-order valence-corrected chi connectivity index (χ3v) is 3.20. The molecule has 2 nitrogen and oxygen atoms in total. The van der Waals surface area contributed by atoms with Gasteiger partial charge in [-0.1, -0.05) is 13.8 Å². The summed E-state index contributed by atoms with van der Waals surface area (Å²) in [6, 6.07) is 0. The van der Waals surface area contributed by atoms with Gasteiger partial charge in [-0.2, -0.15) is 11.8 Å². The van der Waals surface area contributed by atoms with E-state index < -0.39 is 11.4 Å². The van der Waals surface area contributed by atoms with Crippen LogP contribution in [0.5, 0.6) is 0 Å². The molecule has 0 aromatic rings. The van der Waals surface area contributed by atoms with E-state index in [0.717, 1.165) is 17.9 Å². The lowest BCUT2D eigenvalue weighted by Crippen LogP contribution is -2.27. The number of carboxylic acids is 1. The molecule has 0 aliphatic heterocycles. The number of carbonyl (C=O) groups is 1. The number of hydrogen-bond donors (Lipinski definition) is 1. The van der Waals surface area contributed by atoms with Crippen LogP contribution >= 0.6 is 11.8 Å². The molecule has 1 atom stereocenters. The van der Waals surface area contributed by atoms with E-state index in [1.807, 2.05) is 13.8 Å². The Morgan fingerprint density at radius 1 is 1.50 bits per heavy atom. The third kappa shape index (κ3) is 3.48. The largest absolute Gasteiger partial charge is 0.481 e. The fourth-order valence-electron chi connectivity index (χ4n) is 0.877. The van der Waals surface area contributed by atoms with Gasteiger partial charge in [-0.3, -0.25) is 4.79 Å². The summed E-state index contributed by atoms with van der Waals surface area (Å²) in [5.41, 5.74) is -0.512. The molecule has 72 valence electrons. The first-order valence-corrected chi connectivity index (χ1v) is 5.53. The van der Waals surface area contributed by atoms with Crippen LogP contribution in [0.15, 0.2) is 0 Å². The van der Waals surface area contributed by atoms with E-state index in [-0.39, 0.29) is 0 Å². The molecule has 0 radical (unpaired) electrons. The molecule has 0 heterocycles. The van der Waals surface area contributed by atoms with Crippen LogP contribution in [-0.2, 0) is 4.79 Å². The first kappa shape index (κ1) is 11.8. The average molecular weight is 190 g/mol. The first-order valence-electron chi connectivity index (χ1n) is 4.38. The van der Waals surface area contributed by atoms with Crippen LogP contribution in [-0.4, -0.2) is 22.6 Å². The van der Waals surface area contributed by atoms with Gasteiger partial charge >= 0.3 is 5.97 Å². The molecule has 0 spiro atoms. The molecule has 1 unspecified atom stereocenters. The molecular formula is C9H18O2S. The van der Waals surface area contributed by atoms with Crippen LogP contribution in [0.1, 0.15) is 33.6 Å². The summed E-state index contributed by atoms with van der Waals surface area (Å²) in [4.78, 5) is 10.8. The van der Waals surface area contributed by atoms with Gasteiger partial charge in [-0.05, 0) is 31.3 Å². The Labute approximate surface area is 78.7 Å². The van der Waals surface area contributed by atoms with Gasteiger partial charge in [0, 0.05) is 0 Å². The van der Waals surface area contributed by atoms with Gasteiger partial charge in [0.05, 0.1) is 5.41 Å². The molecule has 0 aliphatic rings. The predicted molar refractivity (Wildman–Crippen MR) is 53.6 cm³/mol. The van der Waals surface area contributed by atoms with E-state index >= 15 is 0 Å². The number of hydrogen-bond acceptors (Lipinski definition) is 2. The number of aliphatic carboxylic acids is 1. The molecule has 0 rings (SSSR count). The SMILES string of the molecule is CCSCCC(C)(CC)C(=O)O. The second kappa shape index (κ2) is 5.46. The van der Waals surface area contributed by atoms with Crippen molar-refractivity contribution in [2.75, 3.05) is 11.5 Å². The van der Waals surface area contributed by atoms with Crippen molar-refractivity contribution in [2.45, 2.75) is 33.6 Å². The highest BCUT2D eigenvalue weighted by Crippen LogP contribution is 2.27. The summed E-state index contributed by atoms with van der Waals surface area (Å²) in [5.74, 6) is 1.36. The molecule has 3 heteroatoms. The molecular weight excluding hydrogens is 172 g/mol. The van der Waals surface area contributed by atoms with Crippen LogP contribution in [0, 0.1) is 5.41 Å². The Hall–Kier alpha value is -0.180. The van der Waals surface area contributed by atoms with Gasteiger partial charge in [0.25, 0.3) is 0 Å². The van der Waals surface area contributed by atoms with Gasteiger partial charge in [-0.15, -0.1) is 0 Å². The summed E-state index contributed by atoms with van der Waals surface area (Å²) >= 11 is 1.80. The number of thioether (sulfide) groups is 1. The van der Waals surface area contributed by atoms with Crippen LogP contribution < -0.4 is 0 Å². The van der Waals surface area contributed by atoms with Gasteiger partial charge in [0.1, 0.15) is 0 Å². The maximum absolute atomic E-state index is 10.8. The molecule has 0 aromatic carbocycles. The molecule has 0 aliphatic carbocycles. The normalized spacial score (nSPS) is 15.6. The maximum atomic E-state index is 10.8. The number of carboxylic acid groups (broad SMARTS) is 1. The highest BCUT2D eigenvalue weighted by Gasteiger charge is 2.29. The lowest BCUT2D eigenvalue weighted by atomic mass is 9.85. The molecule has 12 heavy (non-hydrogen) atoms. The molecule has 0 saturated heterocycles. The second-order valence-corrected chi connectivity index (χ2v) is 4.56. The lowest BCUT2D eigenvalue weighted by molar-refractivity contribution is -0.148. The lowest BCUT2D eigenvalue weighted by Gasteiger charge is -2.22. The van der Waals surface area contributed by atoms with Crippen molar-refractivity contribution in [1.29, 1.82) is 0 Å². The van der Waals surface area contributed by atoms with Crippen molar-refractivity contribution in [1.82, 2.24) is 0 Å². The Kier molecular flexibility index (Phi) is 5.38. The molecule has 0 aromatic heterocycles. The smallest absolute Gasteiger partial charge is 0.309 e. The Balaban J connectivity index is 3.88. The standard InChI is InChI=1S/C9H18O2S/c1-4-9(3,8(10)11)6-7-12-5-2/h4-7H2,1-3H3,(H,10,11). The molecule has 1 N–H and O–H groups in total. The Morgan fingerprint density at radius 2 is 2.08 bits per heavy atom. The van der Waals surface area contributed by atoms with E-state index in [4.69, 9.17) is 5.11 Å². The van der Waals surface area contributed by atoms with E-state index in [0.29, 0.717) is 6.42 Å². The molecule has 0 amide bonds. The average Bonchev–Trinajstić information content (AvgIpc) is 2.04. The Bertz CT molecular complexity index is 147. The zero-order valence-corrected chi connectivity index (χ0v) is 8.91. The van der Waals surface area contributed by atoms with Crippen LogP contribution in [0.2, 0.25) is 0 Å². The first-order chi connectivity index (χ1) is 5.56. The second-order valence-electron chi connectivity index (χ2n) is 3.17. The van der Waals surface area contributed by atoms with Gasteiger partial charge < -0.3 is 5.11 Å². The van der Waals surface area contributed by atoms with Gasteiger partial charge in [0.15, 0.2) is 0 Å². The monoisotopic (exact) mass is 190 g/mol. The molecule has 0 bridgehead atoms. The van der Waals surface area contributed by atoms with Crippen molar-refractivity contribution in [3.8, 4) is 0 Å². The maximum Gasteiger partial charge on any atom is 0.309 e. The fourth-order valence-corrected chi connectivity index (χ4v) is 1.76. The van der Waals surface area contributed by atoms with Crippen molar-refractivity contribution in [3.63, 3.8) is 0 Å². The summed E-state index contributed by atoms with van der Waals surface area (Å²) in [6.07, 6.45) is 1.49. The summed E-state index contributed by atoms with van der Waals surface area (Å²) in [5, 5.41) is 8.92. The van der Waals surface area contributed by atoms with Crippen LogP contribution in [0.4, 0.5) is 0 Å². The Morgan fingerprint density at radius 3 is 2.42 bits per heavy atom. The summed E-state index contributed by atoms with van der Waals surface area (Å²) in [7, 11) is 0. The van der Waals surface area contributed by atoms with Gasteiger partial charge in [-0.25, -0.2) is 0 Å². The highest BCUT2D eigenvalue weighted by molar-refractivity contribution is 7.99. The predicted octanol–water partition coefficient (Wildman–Crippen LogP) is 2.63. The van der Waals surface area contributed by atoms with Gasteiger partial charge in [0.2, 0.25) is 0 Å². The van der Waals surface area contributed by atoms with E-state index in [2.05, 4.69) is 6.92 Å². The zero-order valence-electron chi connectivity index (χ0n) is 8.09. The topological polar surface area (TPSA) is 37.3 Å². The summed E-state index contributed by atoms with van der Waals surface area (Å²) in [6.45, 7) is 5.85. The minimum atomic E-state index is -0.665. The zero-order chi connectivity index (χ0) is 9.61. The quantitative estimate of drug-likeness (QED) is 0.654. The van der Waals surface area contributed by atoms with Crippen molar-refractivity contribution in [2.24, 2.45) is 5.41 Å². The molecule has 0 saturated carbocycles. The minimum Gasteiger partial charge on any atom is -0.481 e. The fraction of sp³-hybridized carbons (Fsp3) is 0.889.